The molecule has 6 nitrogen and oxygen atoms in total. The second kappa shape index (κ2) is 9.39. The van der Waals surface area contributed by atoms with E-state index in [1.807, 2.05) is 73.1 Å². The van der Waals surface area contributed by atoms with Crippen LogP contribution in [0.25, 0.3) is 5.69 Å². The van der Waals surface area contributed by atoms with Crippen LogP contribution in [-0.4, -0.2) is 27.8 Å². The smallest absolute Gasteiger partial charge is 0.311 e. The highest BCUT2D eigenvalue weighted by Gasteiger charge is 2.21. The molecule has 2 aromatic carbocycles. The Labute approximate surface area is 176 Å². The predicted octanol–water partition coefficient (Wildman–Crippen LogP) is 4.16. The summed E-state index contributed by atoms with van der Waals surface area (Å²) in [6, 6.07) is 17.3. The maximum absolute atomic E-state index is 12.5. The van der Waals surface area contributed by atoms with Crippen LogP contribution in [0.1, 0.15) is 36.4 Å². The molecule has 0 spiro atoms. The van der Waals surface area contributed by atoms with Gasteiger partial charge in [0.15, 0.2) is 6.10 Å². The first-order valence-electron chi connectivity index (χ1n) is 10.1. The Morgan fingerprint density at radius 2 is 1.73 bits per heavy atom. The van der Waals surface area contributed by atoms with Crippen molar-refractivity contribution in [3.05, 3.63) is 77.1 Å². The minimum atomic E-state index is -0.895. The van der Waals surface area contributed by atoms with Crippen LogP contribution in [0.5, 0.6) is 0 Å². The van der Waals surface area contributed by atoms with Gasteiger partial charge in [0.05, 0.1) is 17.8 Å². The lowest BCUT2D eigenvalue weighted by Crippen LogP contribution is -2.30. The standard InChI is InChI=1S/C24H27N3O3/c1-5-19-11-13-20(14-12-19)25-24(29)18(4)30-23(28)15-22-16(2)26-27(17(22)3)21-9-7-6-8-10-21/h6-14,18H,5,15H2,1-4H3,(H,25,29)/t18-/m1/s1. The Hall–Kier alpha value is -3.41. The molecule has 0 fully saturated rings. The molecule has 0 aliphatic carbocycles. The number of carbonyl (C=O) groups excluding carboxylic acids is 2. The van der Waals surface area contributed by atoms with Crippen LogP contribution in [0.4, 0.5) is 5.69 Å². The van der Waals surface area contributed by atoms with Crippen LogP contribution in [0.3, 0.4) is 0 Å². The summed E-state index contributed by atoms with van der Waals surface area (Å²) < 4.78 is 7.18. The third kappa shape index (κ3) is 4.95. The molecule has 1 amide bonds. The van der Waals surface area contributed by atoms with Gasteiger partial charge in [-0.3, -0.25) is 9.59 Å². The van der Waals surface area contributed by atoms with E-state index in [-0.39, 0.29) is 12.3 Å². The summed E-state index contributed by atoms with van der Waals surface area (Å²) in [6.45, 7) is 7.43. The molecule has 0 unspecified atom stereocenters. The lowest BCUT2D eigenvalue weighted by atomic mass is 10.1. The fourth-order valence-corrected chi connectivity index (χ4v) is 3.26. The van der Waals surface area contributed by atoms with E-state index in [9.17, 15) is 9.59 Å². The maximum atomic E-state index is 12.5. The van der Waals surface area contributed by atoms with Crippen LogP contribution < -0.4 is 5.32 Å². The number of carbonyl (C=O) groups is 2. The van der Waals surface area contributed by atoms with E-state index in [2.05, 4.69) is 17.3 Å². The molecule has 30 heavy (non-hydrogen) atoms. The number of rotatable bonds is 7. The number of anilines is 1. The summed E-state index contributed by atoms with van der Waals surface area (Å²) in [7, 11) is 0. The third-order valence-corrected chi connectivity index (χ3v) is 5.07. The molecular formula is C24H27N3O3. The number of hydrogen-bond acceptors (Lipinski definition) is 4. The number of nitrogens with one attached hydrogen (secondary N) is 1. The fraction of sp³-hybridized carbons (Fsp3) is 0.292. The second-order valence-corrected chi connectivity index (χ2v) is 7.25. The Kier molecular flexibility index (Phi) is 6.67. The van der Waals surface area contributed by atoms with Crippen LogP contribution in [0.2, 0.25) is 0 Å². The minimum Gasteiger partial charge on any atom is -0.452 e. The number of para-hydroxylation sites is 1. The minimum absolute atomic E-state index is 0.0628. The monoisotopic (exact) mass is 405 g/mol. The van der Waals surface area contributed by atoms with Gasteiger partial charge in [-0.2, -0.15) is 5.10 Å². The van der Waals surface area contributed by atoms with Crippen molar-refractivity contribution in [2.45, 2.75) is 46.6 Å². The molecule has 1 heterocycles. The first-order chi connectivity index (χ1) is 14.4. The van der Waals surface area contributed by atoms with Gasteiger partial charge in [0, 0.05) is 16.9 Å². The van der Waals surface area contributed by atoms with Crippen molar-refractivity contribution in [1.29, 1.82) is 0 Å². The fourth-order valence-electron chi connectivity index (χ4n) is 3.26. The van der Waals surface area contributed by atoms with Crippen molar-refractivity contribution >= 4 is 17.6 Å². The number of nitrogens with zero attached hydrogens (tertiary/aromatic N) is 2. The Morgan fingerprint density at radius 1 is 1.07 bits per heavy atom. The highest BCUT2D eigenvalue weighted by molar-refractivity contribution is 5.95. The van der Waals surface area contributed by atoms with E-state index in [1.54, 1.807) is 6.92 Å². The Balaban J connectivity index is 1.62. The van der Waals surface area contributed by atoms with Crippen molar-refractivity contribution in [3.63, 3.8) is 0 Å². The summed E-state index contributed by atoms with van der Waals surface area (Å²) in [4.78, 5) is 24.8. The molecule has 3 rings (SSSR count). The van der Waals surface area contributed by atoms with Crippen LogP contribution in [-0.2, 0) is 27.2 Å². The number of amides is 1. The van der Waals surface area contributed by atoms with E-state index >= 15 is 0 Å². The lowest BCUT2D eigenvalue weighted by molar-refractivity contribution is -0.152. The lowest BCUT2D eigenvalue weighted by Gasteiger charge is -2.14. The number of aryl methyl sites for hydroxylation is 2. The molecule has 156 valence electrons. The van der Waals surface area contributed by atoms with Gasteiger partial charge in [-0.1, -0.05) is 37.3 Å². The molecule has 0 saturated heterocycles. The summed E-state index contributed by atoms with van der Waals surface area (Å²) >= 11 is 0. The highest BCUT2D eigenvalue weighted by atomic mass is 16.5. The second-order valence-electron chi connectivity index (χ2n) is 7.25. The molecule has 0 aliphatic heterocycles. The molecule has 1 atom stereocenters. The molecule has 0 aliphatic rings. The van der Waals surface area contributed by atoms with E-state index in [4.69, 9.17) is 4.74 Å². The molecule has 1 N–H and O–H groups in total. The molecule has 0 radical (unpaired) electrons. The SMILES string of the molecule is CCc1ccc(NC(=O)[C@@H](C)OC(=O)Cc2c(C)nn(-c3ccccc3)c2C)cc1. The summed E-state index contributed by atoms with van der Waals surface area (Å²) in [5.74, 6) is -0.821. The molecule has 3 aromatic rings. The zero-order valence-corrected chi connectivity index (χ0v) is 17.8. The van der Waals surface area contributed by atoms with E-state index in [1.165, 1.54) is 5.56 Å². The molecule has 0 bridgehead atoms. The number of benzene rings is 2. The van der Waals surface area contributed by atoms with Gasteiger partial charge in [0.1, 0.15) is 0 Å². The number of aromatic nitrogens is 2. The summed E-state index contributed by atoms with van der Waals surface area (Å²) in [5, 5.41) is 7.33. The van der Waals surface area contributed by atoms with Crippen LogP contribution in [0, 0.1) is 13.8 Å². The number of ether oxygens (including phenoxy) is 1. The maximum Gasteiger partial charge on any atom is 0.311 e. The number of hydrogen-bond donors (Lipinski definition) is 1. The van der Waals surface area contributed by atoms with Crippen LogP contribution >= 0.6 is 0 Å². The largest absolute Gasteiger partial charge is 0.452 e. The van der Waals surface area contributed by atoms with Gasteiger partial charge in [-0.25, -0.2) is 4.68 Å². The first-order valence-corrected chi connectivity index (χ1v) is 10.1. The zero-order valence-electron chi connectivity index (χ0n) is 17.8. The molecule has 0 saturated carbocycles. The third-order valence-electron chi connectivity index (χ3n) is 5.07. The molecule has 6 heteroatoms. The average molecular weight is 405 g/mol. The van der Waals surface area contributed by atoms with E-state index in [0.29, 0.717) is 5.69 Å². The first kappa shape index (κ1) is 21.3. The van der Waals surface area contributed by atoms with Gasteiger partial charge in [0.2, 0.25) is 0 Å². The van der Waals surface area contributed by atoms with Crippen molar-refractivity contribution < 1.29 is 14.3 Å². The van der Waals surface area contributed by atoms with Crippen molar-refractivity contribution in [2.75, 3.05) is 5.32 Å². The van der Waals surface area contributed by atoms with Gasteiger partial charge in [-0.05, 0) is 57.0 Å². The van der Waals surface area contributed by atoms with Crippen LogP contribution in [0.15, 0.2) is 54.6 Å². The van der Waals surface area contributed by atoms with Gasteiger partial charge < -0.3 is 10.1 Å². The van der Waals surface area contributed by atoms with Gasteiger partial charge in [-0.15, -0.1) is 0 Å². The molecular weight excluding hydrogens is 378 g/mol. The normalized spacial score (nSPS) is 11.7. The Bertz CT molecular complexity index is 1020. The average Bonchev–Trinajstić information content (AvgIpc) is 3.03. The summed E-state index contributed by atoms with van der Waals surface area (Å²) in [5.41, 5.74) is 5.25. The van der Waals surface area contributed by atoms with Gasteiger partial charge >= 0.3 is 5.97 Å². The topological polar surface area (TPSA) is 73.2 Å². The highest BCUT2D eigenvalue weighted by Crippen LogP contribution is 2.19. The quantitative estimate of drug-likeness (QED) is 0.599. The van der Waals surface area contributed by atoms with Crippen molar-refractivity contribution in [1.82, 2.24) is 9.78 Å². The predicted molar refractivity (Wildman–Crippen MR) is 117 cm³/mol. The van der Waals surface area contributed by atoms with Gasteiger partial charge in [0.25, 0.3) is 5.91 Å². The number of esters is 1. The Morgan fingerprint density at radius 3 is 2.37 bits per heavy atom. The van der Waals surface area contributed by atoms with E-state index in [0.717, 1.165) is 29.1 Å². The van der Waals surface area contributed by atoms with Crippen molar-refractivity contribution in [2.24, 2.45) is 0 Å². The van der Waals surface area contributed by atoms with Crippen molar-refractivity contribution in [3.8, 4) is 5.69 Å². The molecule has 1 aromatic heterocycles. The summed E-state index contributed by atoms with van der Waals surface area (Å²) in [6.07, 6.45) is 0.100. The zero-order chi connectivity index (χ0) is 21.7. The van der Waals surface area contributed by atoms with E-state index < -0.39 is 12.1 Å².